The van der Waals surface area contributed by atoms with E-state index in [9.17, 15) is 18.0 Å². The molecular weight excluding hydrogens is 426 g/mol. The van der Waals surface area contributed by atoms with Gasteiger partial charge in [-0.05, 0) is 61.2 Å². The molecule has 0 aromatic heterocycles. The minimum absolute atomic E-state index is 0.150. The summed E-state index contributed by atoms with van der Waals surface area (Å²) < 4.78 is 25.1. The maximum absolute atomic E-state index is 12.9. The number of nitrogens with one attached hydrogen (secondary N) is 1. The van der Waals surface area contributed by atoms with Crippen molar-refractivity contribution >= 4 is 44.8 Å². The van der Waals surface area contributed by atoms with E-state index in [1.54, 1.807) is 41.3 Å². The summed E-state index contributed by atoms with van der Waals surface area (Å²) in [5.74, 6) is -0.517. The number of carbonyl (C=O) groups is 2. The molecule has 0 aliphatic carbocycles. The molecule has 1 saturated heterocycles. The molecule has 0 spiro atoms. The normalized spacial score (nSPS) is 15.9. The first kappa shape index (κ1) is 20.7. The third kappa shape index (κ3) is 4.02. The van der Waals surface area contributed by atoms with Crippen molar-refractivity contribution < 1.29 is 18.0 Å². The van der Waals surface area contributed by atoms with Gasteiger partial charge in [-0.15, -0.1) is 0 Å². The maximum atomic E-state index is 12.9. The molecule has 2 aromatic carbocycles. The molecule has 2 aromatic rings. The summed E-state index contributed by atoms with van der Waals surface area (Å²) in [7, 11) is -3.35. The average molecular weight is 448 g/mol. The number of likely N-dealkylation sites (tertiary alicyclic amines) is 1. The van der Waals surface area contributed by atoms with E-state index in [2.05, 4.69) is 5.32 Å². The highest BCUT2D eigenvalue weighted by Gasteiger charge is 2.27. The summed E-state index contributed by atoms with van der Waals surface area (Å²) in [5, 5.41) is 3.24. The van der Waals surface area contributed by atoms with Gasteiger partial charge in [-0.25, -0.2) is 8.42 Å². The lowest BCUT2D eigenvalue weighted by Crippen LogP contribution is -2.29. The Morgan fingerprint density at radius 3 is 2.47 bits per heavy atom. The van der Waals surface area contributed by atoms with Crippen LogP contribution in [-0.2, 0) is 16.4 Å². The highest BCUT2D eigenvalue weighted by atomic mass is 35.5. The number of benzene rings is 2. The first-order valence-electron chi connectivity index (χ1n) is 9.75. The molecule has 2 amide bonds. The summed E-state index contributed by atoms with van der Waals surface area (Å²) in [6.07, 6.45) is 3.65. The minimum atomic E-state index is -3.35. The Hall–Kier alpha value is -2.58. The predicted molar refractivity (Wildman–Crippen MR) is 117 cm³/mol. The number of hydrogen-bond acceptors (Lipinski definition) is 4. The summed E-state index contributed by atoms with van der Waals surface area (Å²) >= 11 is 6.10. The second-order valence-corrected chi connectivity index (χ2v) is 9.92. The van der Waals surface area contributed by atoms with Crippen LogP contribution in [0.1, 0.15) is 39.1 Å². The van der Waals surface area contributed by atoms with E-state index in [1.807, 2.05) is 0 Å². The Labute approximate surface area is 180 Å². The topological polar surface area (TPSA) is 86.8 Å². The van der Waals surface area contributed by atoms with E-state index in [4.69, 9.17) is 11.6 Å². The minimum Gasteiger partial charge on any atom is -0.339 e. The molecule has 4 rings (SSSR count). The molecule has 1 N–H and O–H groups in total. The van der Waals surface area contributed by atoms with Crippen LogP contribution in [-0.4, -0.2) is 51.0 Å². The molecule has 7 nitrogen and oxygen atoms in total. The highest BCUT2D eigenvalue weighted by molar-refractivity contribution is 7.92. The number of nitrogens with zero attached hydrogens (tertiary/aromatic N) is 2. The van der Waals surface area contributed by atoms with Crippen LogP contribution >= 0.6 is 11.6 Å². The van der Waals surface area contributed by atoms with Crippen LogP contribution in [0.5, 0.6) is 0 Å². The van der Waals surface area contributed by atoms with E-state index in [-0.39, 0.29) is 11.8 Å². The van der Waals surface area contributed by atoms with Crippen molar-refractivity contribution in [2.45, 2.75) is 19.3 Å². The lowest BCUT2D eigenvalue weighted by Gasteiger charge is -2.18. The molecule has 2 aliphatic rings. The Bertz CT molecular complexity index is 1130. The second kappa shape index (κ2) is 7.92. The average Bonchev–Trinajstić information content (AvgIpc) is 3.37. The fourth-order valence-corrected chi connectivity index (χ4v) is 5.08. The largest absolute Gasteiger partial charge is 0.339 e. The van der Waals surface area contributed by atoms with E-state index < -0.39 is 10.0 Å². The van der Waals surface area contributed by atoms with Crippen molar-refractivity contribution in [3.05, 3.63) is 58.1 Å². The van der Waals surface area contributed by atoms with Gasteiger partial charge in [0.05, 0.1) is 23.2 Å². The molecule has 0 bridgehead atoms. The third-order valence-corrected chi connectivity index (χ3v) is 6.86. The molecule has 0 unspecified atom stereocenters. The van der Waals surface area contributed by atoms with Crippen LogP contribution in [0.3, 0.4) is 0 Å². The fourth-order valence-electron chi connectivity index (χ4n) is 3.94. The Morgan fingerprint density at radius 1 is 1.03 bits per heavy atom. The van der Waals surface area contributed by atoms with E-state index >= 15 is 0 Å². The van der Waals surface area contributed by atoms with Crippen molar-refractivity contribution in [3.8, 4) is 0 Å². The van der Waals surface area contributed by atoms with Crippen LogP contribution in [0.15, 0.2) is 36.4 Å². The molecule has 2 aliphatic heterocycles. The number of sulfonamides is 1. The zero-order valence-corrected chi connectivity index (χ0v) is 18.1. The van der Waals surface area contributed by atoms with Crippen molar-refractivity contribution in [2.24, 2.45) is 0 Å². The number of hydrogen-bond donors (Lipinski definition) is 1. The predicted octanol–water partition coefficient (Wildman–Crippen LogP) is 3.15. The van der Waals surface area contributed by atoms with Gasteiger partial charge in [0.15, 0.2) is 0 Å². The number of halogens is 1. The first-order chi connectivity index (χ1) is 14.2. The zero-order valence-electron chi connectivity index (χ0n) is 16.5. The van der Waals surface area contributed by atoms with Crippen molar-refractivity contribution in [1.82, 2.24) is 4.90 Å². The van der Waals surface area contributed by atoms with E-state index in [1.165, 1.54) is 10.6 Å². The number of carbonyl (C=O) groups excluding carboxylic acids is 2. The molecule has 0 atom stereocenters. The summed E-state index contributed by atoms with van der Waals surface area (Å²) in [6, 6.07) is 9.77. The van der Waals surface area contributed by atoms with Gasteiger partial charge in [0.25, 0.3) is 11.8 Å². The summed E-state index contributed by atoms with van der Waals surface area (Å²) in [4.78, 5) is 27.5. The summed E-state index contributed by atoms with van der Waals surface area (Å²) in [6.45, 7) is 1.76. The van der Waals surface area contributed by atoms with Gasteiger partial charge in [-0.2, -0.15) is 0 Å². The standard InChI is InChI=1S/C21H22ClN3O4S/c1-30(28,29)25-11-8-14-12-15(4-7-19(14)25)20(26)23-18-6-5-16(22)13-17(18)21(27)24-9-2-3-10-24/h4-7,12-13H,2-3,8-11H2,1H3,(H,23,26). The van der Waals surface area contributed by atoms with Crippen molar-refractivity contribution in [2.75, 3.05) is 35.5 Å². The van der Waals surface area contributed by atoms with Crippen LogP contribution in [0, 0.1) is 0 Å². The van der Waals surface area contributed by atoms with Gasteiger partial charge >= 0.3 is 0 Å². The smallest absolute Gasteiger partial charge is 0.256 e. The summed E-state index contributed by atoms with van der Waals surface area (Å²) in [5.41, 5.74) is 2.57. The van der Waals surface area contributed by atoms with Gasteiger partial charge in [-0.1, -0.05) is 11.6 Å². The van der Waals surface area contributed by atoms with Crippen LogP contribution in [0.2, 0.25) is 5.02 Å². The number of rotatable bonds is 4. The van der Waals surface area contributed by atoms with Crippen LogP contribution < -0.4 is 9.62 Å². The van der Waals surface area contributed by atoms with E-state index in [0.717, 1.165) is 18.4 Å². The SMILES string of the molecule is CS(=O)(=O)N1CCc2cc(C(=O)Nc3ccc(Cl)cc3C(=O)N3CCCC3)ccc21. The van der Waals surface area contributed by atoms with Gasteiger partial charge in [0.1, 0.15) is 0 Å². The molecule has 158 valence electrons. The number of amides is 2. The lowest BCUT2D eigenvalue weighted by molar-refractivity contribution is 0.0794. The fraction of sp³-hybridized carbons (Fsp3) is 0.333. The molecule has 9 heteroatoms. The van der Waals surface area contributed by atoms with Crippen LogP contribution in [0.4, 0.5) is 11.4 Å². The van der Waals surface area contributed by atoms with Gasteiger partial charge < -0.3 is 10.2 Å². The number of fused-ring (bicyclic) bond motifs is 1. The van der Waals surface area contributed by atoms with Crippen molar-refractivity contribution in [3.63, 3.8) is 0 Å². The lowest BCUT2D eigenvalue weighted by atomic mass is 10.1. The molecule has 1 fully saturated rings. The first-order valence-corrected chi connectivity index (χ1v) is 12.0. The molecular formula is C21H22ClN3O4S. The van der Waals surface area contributed by atoms with Gasteiger partial charge in [0, 0.05) is 30.2 Å². The maximum Gasteiger partial charge on any atom is 0.256 e. The Kier molecular flexibility index (Phi) is 5.46. The third-order valence-electron chi connectivity index (χ3n) is 5.45. The van der Waals surface area contributed by atoms with Crippen LogP contribution in [0.25, 0.3) is 0 Å². The second-order valence-electron chi connectivity index (χ2n) is 7.57. The van der Waals surface area contributed by atoms with E-state index in [0.29, 0.717) is 53.6 Å². The Balaban J connectivity index is 1.59. The zero-order chi connectivity index (χ0) is 21.5. The monoisotopic (exact) mass is 447 g/mol. The molecule has 0 radical (unpaired) electrons. The molecule has 0 saturated carbocycles. The highest BCUT2D eigenvalue weighted by Crippen LogP contribution is 2.31. The van der Waals surface area contributed by atoms with Gasteiger partial charge in [-0.3, -0.25) is 13.9 Å². The van der Waals surface area contributed by atoms with Gasteiger partial charge in [0.2, 0.25) is 10.0 Å². The molecule has 30 heavy (non-hydrogen) atoms. The molecule has 2 heterocycles. The van der Waals surface area contributed by atoms with Crippen molar-refractivity contribution in [1.29, 1.82) is 0 Å². The number of anilines is 2. The quantitative estimate of drug-likeness (QED) is 0.779. The Morgan fingerprint density at radius 2 is 1.77 bits per heavy atom.